The Morgan fingerprint density at radius 3 is 2.28 bits per heavy atom. The molecule has 2 fully saturated rings. The van der Waals surface area contributed by atoms with Crippen molar-refractivity contribution < 1.29 is 17.6 Å². The Morgan fingerprint density at radius 1 is 1.00 bits per heavy atom. The van der Waals surface area contributed by atoms with E-state index in [-0.39, 0.29) is 17.3 Å². The zero-order chi connectivity index (χ0) is 22.7. The molecule has 0 aliphatic carbocycles. The summed E-state index contributed by atoms with van der Waals surface area (Å²) in [7, 11) is -3.86. The third kappa shape index (κ3) is 4.67. The van der Waals surface area contributed by atoms with Crippen LogP contribution in [0.3, 0.4) is 0 Å². The molecule has 0 radical (unpaired) electrons. The second kappa shape index (κ2) is 9.36. The van der Waals surface area contributed by atoms with Gasteiger partial charge >= 0.3 is 0 Å². The number of nitriles is 1. The molecular formula is C23H25FN4O3S. The maximum atomic E-state index is 13.2. The lowest BCUT2D eigenvalue weighted by Crippen LogP contribution is -2.54. The number of amides is 1. The van der Waals surface area contributed by atoms with Crippen molar-refractivity contribution in [1.29, 1.82) is 5.26 Å². The fraction of sp³-hybridized carbons (Fsp3) is 0.391. The summed E-state index contributed by atoms with van der Waals surface area (Å²) < 4.78 is 40.6. The topological polar surface area (TPSA) is 84.7 Å². The third-order valence-electron chi connectivity index (χ3n) is 6.08. The lowest BCUT2D eigenvalue weighted by Gasteiger charge is -2.37. The predicted molar refractivity (Wildman–Crippen MR) is 116 cm³/mol. The monoisotopic (exact) mass is 456 g/mol. The van der Waals surface area contributed by atoms with E-state index in [1.165, 1.54) is 16.4 Å². The quantitative estimate of drug-likeness (QED) is 0.689. The Bertz CT molecular complexity index is 1110. The second-order valence-corrected chi connectivity index (χ2v) is 10.0. The molecule has 1 amide bonds. The summed E-state index contributed by atoms with van der Waals surface area (Å²) in [6.45, 7) is 3.50. The highest BCUT2D eigenvalue weighted by Crippen LogP contribution is 2.28. The first-order chi connectivity index (χ1) is 15.4. The number of sulfonamides is 1. The number of carbonyl (C=O) groups excluding carboxylic acids is 1. The molecule has 0 unspecified atom stereocenters. The van der Waals surface area contributed by atoms with Crippen molar-refractivity contribution >= 4 is 15.9 Å². The standard InChI is InChI=1S/C23H25FN4O3S/c24-20-7-9-21(10-8-20)32(30,31)28-11-1-2-22(28)23(29)27-14-12-26(13-15-27)17-19-5-3-18(16-25)4-6-19/h3-10,22H,1-2,11-15,17H2/t22-/m1/s1. The minimum absolute atomic E-state index is 0.00540. The molecule has 2 aromatic rings. The van der Waals surface area contributed by atoms with Crippen molar-refractivity contribution in [2.45, 2.75) is 30.3 Å². The zero-order valence-electron chi connectivity index (χ0n) is 17.7. The van der Waals surface area contributed by atoms with Crippen molar-refractivity contribution in [1.82, 2.24) is 14.1 Å². The van der Waals surface area contributed by atoms with Gasteiger partial charge in [-0.25, -0.2) is 12.8 Å². The molecule has 7 nitrogen and oxygen atoms in total. The number of hydrogen-bond donors (Lipinski definition) is 0. The van der Waals surface area contributed by atoms with Gasteiger partial charge in [0.05, 0.1) is 16.5 Å². The molecular weight excluding hydrogens is 431 g/mol. The molecule has 2 aromatic carbocycles. The van der Waals surface area contributed by atoms with Crippen molar-refractivity contribution in [3.8, 4) is 6.07 Å². The van der Waals surface area contributed by atoms with E-state index in [1.54, 1.807) is 17.0 Å². The van der Waals surface area contributed by atoms with Crippen LogP contribution in [0.4, 0.5) is 4.39 Å². The van der Waals surface area contributed by atoms with Crippen LogP contribution in [0.1, 0.15) is 24.0 Å². The Labute approximate surface area is 187 Å². The Hall–Kier alpha value is -2.80. The molecule has 9 heteroatoms. The molecule has 0 spiro atoms. The van der Waals surface area contributed by atoms with E-state index >= 15 is 0 Å². The summed E-state index contributed by atoms with van der Waals surface area (Å²) in [4.78, 5) is 17.2. The van der Waals surface area contributed by atoms with E-state index in [4.69, 9.17) is 5.26 Å². The van der Waals surface area contributed by atoms with Crippen LogP contribution in [-0.2, 0) is 21.4 Å². The summed E-state index contributed by atoms with van der Waals surface area (Å²) in [6.07, 6.45) is 1.11. The molecule has 0 N–H and O–H groups in total. The van der Waals surface area contributed by atoms with E-state index in [2.05, 4.69) is 11.0 Å². The maximum Gasteiger partial charge on any atom is 0.243 e. The van der Waals surface area contributed by atoms with Crippen molar-refractivity contribution in [2.75, 3.05) is 32.7 Å². The molecule has 168 valence electrons. The Kier molecular flexibility index (Phi) is 6.55. The third-order valence-corrected chi connectivity index (χ3v) is 8.00. The van der Waals surface area contributed by atoms with E-state index in [9.17, 15) is 17.6 Å². The van der Waals surface area contributed by atoms with Gasteiger partial charge in [0, 0.05) is 39.3 Å². The molecule has 4 rings (SSSR count). The molecule has 2 aliphatic rings. The van der Waals surface area contributed by atoms with Crippen molar-refractivity contribution in [2.24, 2.45) is 0 Å². The second-order valence-electron chi connectivity index (χ2n) is 8.14. The van der Waals surface area contributed by atoms with Crippen LogP contribution in [0.15, 0.2) is 53.4 Å². The minimum Gasteiger partial charge on any atom is -0.339 e. The predicted octanol–water partition coefficient (Wildman–Crippen LogP) is 2.19. The van der Waals surface area contributed by atoms with E-state index in [0.717, 1.165) is 24.2 Å². The van der Waals surface area contributed by atoms with Crippen LogP contribution in [-0.4, -0.2) is 67.2 Å². The van der Waals surface area contributed by atoms with Crippen LogP contribution in [0.2, 0.25) is 0 Å². The molecule has 2 aliphatic heterocycles. The highest BCUT2D eigenvalue weighted by Gasteiger charge is 2.41. The van der Waals surface area contributed by atoms with Gasteiger partial charge in [-0.15, -0.1) is 0 Å². The number of hydrogen-bond acceptors (Lipinski definition) is 5. The van der Waals surface area contributed by atoms with Gasteiger partial charge in [-0.3, -0.25) is 9.69 Å². The van der Waals surface area contributed by atoms with E-state index in [1.807, 2.05) is 12.1 Å². The molecule has 1 atom stereocenters. The molecule has 2 saturated heterocycles. The zero-order valence-corrected chi connectivity index (χ0v) is 18.5. The van der Waals surface area contributed by atoms with Crippen molar-refractivity contribution in [3.05, 3.63) is 65.5 Å². The van der Waals surface area contributed by atoms with Gasteiger partial charge in [-0.05, 0) is 54.8 Å². The molecule has 32 heavy (non-hydrogen) atoms. The summed E-state index contributed by atoms with van der Waals surface area (Å²) in [5.41, 5.74) is 1.73. The smallest absolute Gasteiger partial charge is 0.243 e. The highest BCUT2D eigenvalue weighted by molar-refractivity contribution is 7.89. The average molecular weight is 457 g/mol. The first-order valence-electron chi connectivity index (χ1n) is 10.7. The van der Waals surface area contributed by atoms with E-state index < -0.39 is 21.9 Å². The molecule has 0 aromatic heterocycles. The van der Waals surface area contributed by atoms with Gasteiger partial charge in [0.25, 0.3) is 0 Å². The minimum atomic E-state index is -3.86. The van der Waals surface area contributed by atoms with Gasteiger partial charge in [0.15, 0.2) is 0 Å². The van der Waals surface area contributed by atoms with Gasteiger partial charge in [0.2, 0.25) is 15.9 Å². The van der Waals surface area contributed by atoms with Crippen LogP contribution in [0, 0.1) is 17.1 Å². The largest absolute Gasteiger partial charge is 0.339 e. The van der Waals surface area contributed by atoms with Gasteiger partial charge in [-0.1, -0.05) is 12.1 Å². The van der Waals surface area contributed by atoms with Gasteiger partial charge in [-0.2, -0.15) is 9.57 Å². The lowest BCUT2D eigenvalue weighted by atomic mass is 10.1. The first kappa shape index (κ1) is 22.4. The normalized spacial score (nSPS) is 20.2. The fourth-order valence-electron chi connectivity index (χ4n) is 4.30. The number of benzene rings is 2. The average Bonchev–Trinajstić information content (AvgIpc) is 3.31. The molecule has 0 bridgehead atoms. The van der Waals surface area contributed by atoms with Crippen LogP contribution >= 0.6 is 0 Å². The van der Waals surface area contributed by atoms with E-state index in [0.29, 0.717) is 44.6 Å². The van der Waals surface area contributed by atoms with Crippen LogP contribution < -0.4 is 0 Å². The van der Waals surface area contributed by atoms with Gasteiger partial charge in [0.1, 0.15) is 11.9 Å². The van der Waals surface area contributed by atoms with Gasteiger partial charge < -0.3 is 4.90 Å². The number of carbonyl (C=O) groups is 1. The number of halogens is 1. The summed E-state index contributed by atoms with van der Waals surface area (Å²) in [5, 5.41) is 8.91. The summed E-state index contributed by atoms with van der Waals surface area (Å²) >= 11 is 0. The Morgan fingerprint density at radius 2 is 1.66 bits per heavy atom. The number of rotatable bonds is 5. The Balaban J connectivity index is 1.37. The maximum absolute atomic E-state index is 13.2. The van der Waals surface area contributed by atoms with Crippen LogP contribution in [0.5, 0.6) is 0 Å². The SMILES string of the molecule is N#Cc1ccc(CN2CCN(C(=O)[C@H]3CCCN3S(=O)(=O)c3ccc(F)cc3)CC2)cc1. The molecule has 2 heterocycles. The van der Waals surface area contributed by atoms with Crippen molar-refractivity contribution in [3.63, 3.8) is 0 Å². The summed E-state index contributed by atoms with van der Waals surface area (Å²) in [6, 6.07) is 13.6. The molecule has 0 saturated carbocycles. The first-order valence-corrected chi connectivity index (χ1v) is 12.1. The number of piperazine rings is 1. The fourth-order valence-corrected chi connectivity index (χ4v) is 5.95. The lowest BCUT2D eigenvalue weighted by molar-refractivity contribution is -0.136. The number of nitrogens with zero attached hydrogens (tertiary/aromatic N) is 4. The van der Waals surface area contributed by atoms with Crippen LogP contribution in [0.25, 0.3) is 0 Å². The highest BCUT2D eigenvalue weighted by atomic mass is 32.2. The summed E-state index contributed by atoms with van der Waals surface area (Å²) in [5.74, 6) is -0.664.